The summed E-state index contributed by atoms with van der Waals surface area (Å²) in [6.07, 6.45) is 3.61. The molecule has 0 unspecified atom stereocenters. The topological polar surface area (TPSA) is 46.9 Å². The lowest BCUT2D eigenvalue weighted by Crippen LogP contribution is -2.23. The zero-order valence-electron chi connectivity index (χ0n) is 12.2. The van der Waals surface area contributed by atoms with Crippen molar-refractivity contribution in [3.8, 4) is 0 Å². The van der Waals surface area contributed by atoms with Gasteiger partial charge >= 0.3 is 0 Å². The quantitative estimate of drug-likeness (QED) is 0.880. The molecule has 20 heavy (non-hydrogen) atoms. The highest BCUT2D eigenvalue weighted by atomic mass is 32.2. The molecular weight excluding hydrogens is 270 g/mol. The molecule has 106 valence electrons. The first kappa shape index (κ1) is 14.7. The van der Waals surface area contributed by atoms with Crippen molar-refractivity contribution in [3.05, 3.63) is 41.7 Å². The van der Waals surface area contributed by atoms with Crippen LogP contribution in [-0.4, -0.2) is 20.7 Å². The van der Waals surface area contributed by atoms with Crippen molar-refractivity contribution >= 4 is 23.4 Å². The Morgan fingerprint density at radius 1 is 1.40 bits per heavy atom. The third-order valence-electron chi connectivity index (χ3n) is 3.08. The van der Waals surface area contributed by atoms with Gasteiger partial charge in [0.2, 0.25) is 5.91 Å². The number of rotatable bonds is 4. The Balaban J connectivity index is 2.04. The van der Waals surface area contributed by atoms with E-state index in [4.69, 9.17) is 0 Å². The van der Waals surface area contributed by atoms with Crippen LogP contribution in [-0.2, 0) is 11.8 Å². The number of nitrogens with one attached hydrogen (secondary N) is 1. The Hall–Kier alpha value is -1.75. The van der Waals surface area contributed by atoms with E-state index in [2.05, 4.69) is 10.3 Å². The second kappa shape index (κ2) is 6.13. The number of hydrogen-bond donors (Lipinski definition) is 1. The van der Waals surface area contributed by atoms with Crippen LogP contribution in [0, 0.1) is 13.8 Å². The zero-order chi connectivity index (χ0) is 14.7. The fraction of sp³-hybridized carbons (Fsp3) is 0.333. The maximum Gasteiger partial charge on any atom is 0.237 e. The van der Waals surface area contributed by atoms with E-state index >= 15 is 0 Å². The van der Waals surface area contributed by atoms with E-state index in [1.165, 1.54) is 11.8 Å². The molecule has 5 heteroatoms. The number of imidazole rings is 1. The van der Waals surface area contributed by atoms with E-state index in [1.807, 2.05) is 56.8 Å². The molecule has 0 spiro atoms. The lowest BCUT2D eigenvalue weighted by atomic mass is 10.1. The number of aryl methyl sites for hydroxylation is 3. The summed E-state index contributed by atoms with van der Waals surface area (Å²) in [6, 6.07) is 6.05. The maximum absolute atomic E-state index is 12.2. The van der Waals surface area contributed by atoms with Gasteiger partial charge in [0.05, 0.1) is 5.25 Å². The van der Waals surface area contributed by atoms with Gasteiger partial charge in [0.15, 0.2) is 5.16 Å². The zero-order valence-corrected chi connectivity index (χ0v) is 13.0. The second-order valence-corrected chi connectivity index (χ2v) is 6.20. The lowest BCUT2D eigenvalue weighted by Gasteiger charge is -2.13. The standard InChI is InChI=1S/C15H19N3OS/c1-10-5-6-11(2)13(9-10)17-14(19)12(3)20-15-16-7-8-18(15)4/h5-9,12H,1-4H3,(H,17,19)/t12-/m1/s1. The van der Waals surface area contributed by atoms with E-state index in [1.54, 1.807) is 6.20 Å². The number of anilines is 1. The highest BCUT2D eigenvalue weighted by Gasteiger charge is 2.17. The third-order valence-corrected chi connectivity index (χ3v) is 4.25. The number of amides is 1. The van der Waals surface area contributed by atoms with Crippen LogP contribution in [0.3, 0.4) is 0 Å². The van der Waals surface area contributed by atoms with Crippen molar-refractivity contribution < 1.29 is 4.79 Å². The molecule has 0 saturated heterocycles. The van der Waals surface area contributed by atoms with Gasteiger partial charge in [-0.1, -0.05) is 23.9 Å². The Kier molecular flexibility index (Phi) is 4.49. The fourth-order valence-corrected chi connectivity index (χ4v) is 2.61. The molecule has 2 rings (SSSR count). The van der Waals surface area contributed by atoms with Crippen molar-refractivity contribution in [1.29, 1.82) is 0 Å². The van der Waals surface area contributed by atoms with Crippen LogP contribution in [0.5, 0.6) is 0 Å². The normalized spacial score (nSPS) is 12.2. The molecular formula is C15H19N3OS. The highest BCUT2D eigenvalue weighted by Crippen LogP contribution is 2.23. The molecule has 0 aliphatic carbocycles. The monoisotopic (exact) mass is 289 g/mol. The maximum atomic E-state index is 12.2. The molecule has 1 heterocycles. The Morgan fingerprint density at radius 2 is 2.15 bits per heavy atom. The van der Waals surface area contributed by atoms with Gasteiger partial charge in [0.1, 0.15) is 0 Å². The van der Waals surface area contributed by atoms with Crippen molar-refractivity contribution in [2.75, 3.05) is 5.32 Å². The summed E-state index contributed by atoms with van der Waals surface area (Å²) in [7, 11) is 1.92. The summed E-state index contributed by atoms with van der Waals surface area (Å²) in [4.78, 5) is 16.5. The van der Waals surface area contributed by atoms with Crippen LogP contribution in [0.15, 0.2) is 35.7 Å². The molecule has 0 radical (unpaired) electrons. The second-order valence-electron chi connectivity index (χ2n) is 4.89. The molecule has 2 aromatic rings. The minimum absolute atomic E-state index is 0.00769. The summed E-state index contributed by atoms with van der Waals surface area (Å²) in [5.41, 5.74) is 3.08. The molecule has 1 atom stereocenters. The minimum atomic E-state index is -0.198. The summed E-state index contributed by atoms with van der Waals surface area (Å²) < 4.78 is 1.91. The van der Waals surface area contributed by atoms with Gasteiger partial charge in [-0.05, 0) is 38.0 Å². The summed E-state index contributed by atoms with van der Waals surface area (Å²) >= 11 is 1.45. The molecule has 1 N–H and O–H groups in total. The largest absolute Gasteiger partial charge is 0.329 e. The van der Waals surface area contributed by atoms with Crippen LogP contribution in [0.4, 0.5) is 5.69 Å². The number of benzene rings is 1. The number of thioether (sulfide) groups is 1. The first-order valence-corrected chi connectivity index (χ1v) is 7.37. The van der Waals surface area contributed by atoms with Gasteiger partial charge < -0.3 is 9.88 Å². The van der Waals surface area contributed by atoms with Crippen molar-refractivity contribution in [2.45, 2.75) is 31.2 Å². The summed E-state index contributed by atoms with van der Waals surface area (Å²) in [5.74, 6) is -0.00769. The van der Waals surface area contributed by atoms with Crippen molar-refractivity contribution in [2.24, 2.45) is 7.05 Å². The number of carbonyl (C=O) groups is 1. The SMILES string of the molecule is Cc1ccc(C)c(NC(=O)[C@@H](C)Sc2nccn2C)c1. The smallest absolute Gasteiger partial charge is 0.237 e. The average molecular weight is 289 g/mol. The number of nitrogens with zero attached hydrogens (tertiary/aromatic N) is 2. The highest BCUT2D eigenvalue weighted by molar-refractivity contribution is 8.00. The minimum Gasteiger partial charge on any atom is -0.329 e. The van der Waals surface area contributed by atoms with Crippen LogP contribution in [0.25, 0.3) is 0 Å². The third kappa shape index (κ3) is 3.42. The number of hydrogen-bond acceptors (Lipinski definition) is 3. The van der Waals surface area contributed by atoms with E-state index in [9.17, 15) is 4.79 Å². The van der Waals surface area contributed by atoms with E-state index in [0.29, 0.717) is 0 Å². The average Bonchev–Trinajstić information content (AvgIpc) is 2.79. The van der Waals surface area contributed by atoms with Gasteiger partial charge in [-0.25, -0.2) is 4.98 Å². The predicted octanol–water partition coefficient (Wildman–Crippen LogP) is 3.16. The van der Waals surface area contributed by atoms with Gasteiger partial charge in [0, 0.05) is 25.1 Å². The summed E-state index contributed by atoms with van der Waals surface area (Å²) in [5, 5.41) is 3.63. The first-order valence-electron chi connectivity index (χ1n) is 6.49. The summed E-state index contributed by atoms with van der Waals surface area (Å²) in [6.45, 7) is 5.90. The predicted molar refractivity (Wildman–Crippen MR) is 83.1 cm³/mol. The first-order chi connectivity index (χ1) is 9.47. The van der Waals surface area contributed by atoms with Gasteiger partial charge in [0.25, 0.3) is 0 Å². The van der Waals surface area contributed by atoms with Gasteiger partial charge in [-0.3, -0.25) is 4.79 Å². The molecule has 0 saturated carbocycles. The molecule has 1 aromatic heterocycles. The Morgan fingerprint density at radius 3 is 2.80 bits per heavy atom. The van der Waals surface area contributed by atoms with E-state index in [-0.39, 0.29) is 11.2 Å². The fourth-order valence-electron chi connectivity index (χ4n) is 1.78. The van der Waals surface area contributed by atoms with Gasteiger partial charge in [-0.2, -0.15) is 0 Å². The van der Waals surface area contributed by atoms with Crippen molar-refractivity contribution in [3.63, 3.8) is 0 Å². The lowest BCUT2D eigenvalue weighted by molar-refractivity contribution is -0.115. The van der Waals surface area contributed by atoms with Crippen LogP contribution in [0.2, 0.25) is 0 Å². The van der Waals surface area contributed by atoms with E-state index in [0.717, 1.165) is 22.0 Å². The van der Waals surface area contributed by atoms with Crippen LogP contribution < -0.4 is 5.32 Å². The Bertz CT molecular complexity index is 621. The molecule has 0 fully saturated rings. The van der Waals surface area contributed by atoms with Gasteiger partial charge in [-0.15, -0.1) is 0 Å². The molecule has 0 bridgehead atoms. The van der Waals surface area contributed by atoms with E-state index < -0.39 is 0 Å². The molecule has 0 aliphatic rings. The van der Waals surface area contributed by atoms with Crippen LogP contribution in [0.1, 0.15) is 18.1 Å². The van der Waals surface area contributed by atoms with Crippen LogP contribution >= 0.6 is 11.8 Å². The number of aromatic nitrogens is 2. The molecule has 4 nitrogen and oxygen atoms in total. The number of carbonyl (C=O) groups excluding carboxylic acids is 1. The van der Waals surface area contributed by atoms with Crippen molar-refractivity contribution in [1.82, 2.24) is 9.55 Å². The molecule has 1 amide bonds. The Labute approximate surface area is 123 Å². The molecule has 1 aromatic carbocycles. The molecule has 0 aliphatic heterocycles.